The molecule has 0 saturated heterocycles. The molecule has 0 bridgehead atoms. The number of aromatic nitrogens is 3. The molecule has 1 amide bonds. The lowest BCUT2D eigenvalue weighted by Crippen LogP contribution is -2.16. The Bertz CT molecular complexity index is 1090. The number of carbonyl (C=O) groups excluding carboxylic acids is 2. The van der Waals surface area contributed by atoms with Gasteiger partial charge in [-0.2, -0.15) is 0 Å². The van der Waals surface area contributed by atoms with Gasteiger partial charge in [-0.15, -0.1) is 21.5 Å². The highest BCUT2D eigenvalue weighted by Gasteiger charge is 2.22. The Morgan fingerprint density at radius 1 is 1.20 bits per heavy atom. The van der Waals surface area contributed by atoms with Crippen molar-refractivity contribution in [3.05, 3.63) is 45.8 Å². The summed E-state index contributed by atoms with van der Waals surface area (Å²) in [6, 6.07) is 8.01. The van der Waals surface area contributed by atoms with Crippen molar-refractivity contribution in [3.8, 4) is 11.4 Å². The van der Waals surface area contributed by atoms with Crippen molar-refractivity contribution in [1.29, 1.82) is 0 Å². The second-order valence-corrected chi connectivity index (χ2v) is 8.85. The first-order chi connectivity index (χ1) is 14.4. The van der Waals surface area contributed by atoms with E-state index in [0.717, 1.165) is 27.4 Å². The lowest BCUT2D eigenvalue weighted by Gasteiger charge is -2.09. The molecule has 0 unspecified atom stereocenters. The van der Waals surface area contributed by atoms with Crippen molar-refractivity contribution in [2.75, 3.05) is 18.2 Å². The summed E-state index contributed by atoms with van der Waals surface area (Å²) >= 11 is 2.69. The molecule has 30 heavy (non-hydrogen) atoms. The third-order valence-electron chi connectivity index (χ3n) is 4.78. The van der Waals surface area contributed by atoms with Gasteiger partial charge >= 0.3 is 5.97 Å². The van der Waals surface area contributed by atoms with E-state index in [0.29, 0.717) is 22.3 Å². The second-order valence-electron chi connectivity index (χ2n) is 6.68. The molecule has 0 aliphatic rings. The van der Waals surface area contributed by atoms with Crippen molar-refractivity contribution in [1.82, 2.24) is 14.8 Å². The fourth-order valence-electron chi connectivity index (χ4n) is 3.06. The Morgan fingerprint density at radius 2 is 1.93 bits per heavy atom. The molecular weight excluding hydrogens is 420 g/mol. The van der Waals surface area contributed by atoms with Gasteiger partial charge in [-0.05, 0) is 38.8 Å². The predicted octanol–water partition coefficient (Wildman–Crippen LogP) is 4.47. The molecule has 0 aliphatic carbocycles. The highest BCUT2D eigenvalue weighted by Crippen LogP contribution is 2.33. The van der Waals surface area contributed by atoms with Crippen LogP contribution in [0.25, 0.3) is 11.4 Å². The van der Waals surface area contributed by atoms with Crippen LogP contribution in [0.5, 0.6) is 0 Å². The molecule has 2 heterocycles. The molecule has 158 valence electrons. The number of hydrogen-bond donors (Lipinski definition) is 1. The van der Waals surface area contributed by atoms with Crippen LogP contribution in [-0.2, 0) is 16.1 Å². The van der Waals surface area contributed by atoms with E-state index in [1.807, 2.05) is 56.5 Å². The molecule has 0 spiro atoms. The Balaban J connectivity index is 1.74. The van der Waals surface area contributed by atoms with Crippen molar-refractivity contribution in [2.45, 2.75) is 39.4 Å². The summed E-state index contributed by atoms with van der Waals surface area (Å²) in [5.74, 6) is 0.279. The van der Waals surface area contributed by atoms with Crippen molar-refractivity contribution >= 4 is 40.0 Å². The predicted molar refractivity (Wildman–Crippen MR) is 120 cm³/mol. The number of aryl methyl sites for hydroxylation is 2. The zero-order valence-electron chi connectivity index (χ0n) is 17.6. The van der Waals surface area contributed by atoms with Gasteiger partial charge in [0.1, 0.15) is 5.00 Å². The van der Waals surface area contributed by atoms with Crippen LogP contribution in [0.15, 0.2) is 29.4 Å². The number of benzene rings is 1. The summed E-state index contributed by atoms with van der Waals surface area (Å²) < 4.78 is 6.86. The highest BCUT2D eigenvalue weighted by atomic mass is 32.2. The van der Waals surface area contributed by atoms with E-state index < -0.39 is 5.97 Å². The Labute approximate surface area is 183 Å². The van der Waals surface area contributed by atoms with Crippen LogP contribution in [-0.4, -0.2) is 39.5 Å². The number of hydrogen-bond acceptors (Lipinski definition) is 7. The van der Waals surface area contributed by atoms with Gasteiger partial charge in [-0.3, -0.25) is 4.79 Å². The molecule has 0 fully saturated rings. The Hall–Kier alpha value is -2.65. The van der Waals surface area contributed by atoms with Crippen LogP contribution in [0.2, 0.25) is 0 Å². The van der Waals surface area contributed by atoms with Crippen molar-refractivity contribution in [3.63, 3.8) is 0 Å². The average molecular weight is 445 g/mol. The van der Waals surface area contributed by atoms with Gasteiger partial charge in [0.25, 0.3) is 0 Å². The van der Waals surface area contributed by atoms with E-state index in [2.05, 4.69) is 15.5 Å². The van der Waals surface area contributed by atoms with Crippen LogP contribution in [0.4, 0.5) is 5.00 Å². The van der Waals surface area contributed by atoms with Crippen LogP contribution >= 0.6 is 23.1 Å². The van der Waals surface area contributed by atoms with Crippen LogP contribution in [0.1, 0.15) is 33.3 Å². The van der Waals surface area contributed by atoms with E-state index >= 15 is 0 Å². The molecule has 1 aromatic carbocycles. The summed E-state index contributed by atoms with van der Waals surface area (Å²) in [5.41, 5.74) is 3.38. The molecule has 0 radical (unpaired) electrons. The third kappa shape index (κ3) is 4.41. The number of nitrogens with zero attached hydrogens (tertiary/aromatic N) is 3. The lowest BCUT2D eigenvalue weighted by atomic mass is 10.1. The molecule has 2 aromatic heterocycles. The number of rotatable bonds is 7. The maximum Gasteiger partial charge on any atom is 0.341 e. The fourth-order valence-corrected chi connectivity index (χ4v) is 4.93. The highest BCUT2D eigenvalue weighted by molar-refractivity contribution is 7.99. The first-order valence-corrected chi connectivity index (χ1v) is 11.3. The van der Waals surface area contributed by atoms with E-state index in [9.17, 15) is 9.59 Å². The molecule has 0 atom stereocenters. The van der Waals surface area contributed by atoms with Crippen LogP contribution in [0.3, 0.4) is 0 Å². The first kappa shape index (κ1) is 22.0. The molecule has 0 aliphatic heterocycles. The van der Waals surface area contributed by atoms with Gasteiger partial charge in [-0.1, -0.05) is 36.0 Å². The minimum Gasteiger partial charge on any atom is -0.465 e. The minimum atomic E-state index is -0.451. The molecule has 7 nitrogen and oxygen atoms in total. The first-order valence-electron chi connectivity index (χ1n) is 9.47. The minimum absolute atomic E-state index is 0.155. The van der Waals surface area contributed by atoms with Crippen LogP contribution < -0.4 is 5.32 Å². The number of anilines is 1. The number of methoxy groups -OCH3 is 1. The van der Waals surface area contributed by atoms with Gasteiger partial charge in [-0.25, -0.2) is 4.79 Å². The Kier molecular flexibility index (Phi) is 6.94. The van der Waals surface area contributed by atoms with Gasteiger partial charge in [0.15, 0.2) is 11.0 Å². The topological polar surface area (TPSA) is 86.1 Å². The van der Waals surface area contributed by atoms with Gasteiger partial charge in [0, 0.05) is 17.0 Å². The van der Waals surface area contributed by atoms with Gasteiger partial charge in [0.05, 0.1) is 18.4 Å². The number of thiophene rings is 1. The number of esters is 1. The molecule has 3 aromatic rings. The standard InChI is InChI=1S/C21H24N4O3S2/c1-6-25-18(15-10-8-7-9-12(15)2)23-24-21(25)29-11-16(26)22-19-17(20(27)28-5)13(3)14(4)30-19/h7-10H,6,11H2,1-5H3,(H,22,26). The van der Waals surface area contributed by atoms with E-state index in [-0.39, 0.29) is 11.7 Å². The molecule has 0 saturated carbocycles. The third-order valence-corrected chi connectivity index (χ3v) is 6.87. The summed E-state index contributed by atoms with van der Waals surface area (Å²) in [7, 11) is 1.33. The zero-order valence-corrected chi connectivity index (χ0v) is 19.2. The smallest absolute Gasteiger partial charge is 0.341 e. The van der Waals surface area contributed by atoms with Crippen molar-refractivity contribution < 1.29 is 14.3 Å². The average Bonchev–Trinajstić information content (AvgIpc) is 3.26. The summed E-state index contributed by atoms with van der Waals surface area (Å²) in [6.45, 7) is 8.51. The summed E-state index contributed by atoms with van der Waals surface area (Å²) in [6.07, 6.45) is 0. The molecule has 1 N–H and O–H groups in total. The van der Waals surface area contributed by atoms with E-state index in [4.69, 9.17) is 4.74 Å². The summed E-state index contributed by atoms with van der Waals surface area (Å²) in [4.78, 5) is 25.6. The second kappa shape index (κ2) is 9.44. The summed E-state index contributed by atoms with van der Waals surface area (Å²) in [5, 5.41) is 12.7. The number of nitrogens with one attached hydrogen (secondary N) is 1. The lowest BCUT2D eigenvalue weighted by molar-refractivity contribution is -0.113. The largest absolute Gasteiger partial charge is 0.465 e. The maximum atomic E-state index is 12.6. The Morgan fingerprint density at radius 3 is 2.60 bits per heavy atom. The molecule has 3 rings (SSSR count). The van der Waals surface area contributed by atoms with E-state index in [1.165, 1.54) is 30.2 Å². The zero-order chi connectivity index (χ0) is 21.8. The van der Waals surface area contributed by atoms with Crippen molar-refractivity contribution in [2.24, 2.45) is 0 Å². The SMILES string of the molecule is CCn1c(SCC(=O)Nc2sc(C)c(C)c2C(=O)OC)nnc1-c1ccccc1C. The van der Waals surface area contributed by atoms with Gasteiger partial charge < -0.3 is 14.6 Å². The van der Waals surface area contributed by atoms with E-state index in [1.54, 1.807) is 0 Å². The fraction of sp³-hybridized carbons (Fsp3) is 0.333. The monoisotopic (exact) mass is 444 g/mol. The van der Waals surface area contributed by atoms with Gasteiger partial charge in [0.2, 0.25) is 5.91 Å². The normalized spacial score (nSPS) is 10.8. The number of thioether (sulfide) groups is 1. The number of ether oxygens (including phenoxy) is 1. The quantitative estimate of drug-likeness (QED) is 0.427. The molecular formula is C21H24N4O3S2. The number of amides is 1. The molecule has 9 heteroatoms. The van der Waals surface area contributed by atoms with Crippen LogP contribution in [0, 0.1) is 20.8 Å². The number of carbonyl (C=O) groups is 2. The maximum absolute atomic E-state index is 12.6.